The molecule has 1 amide bonds. The van der Waals surface area contributed by atoms with E-state index < -0.39 is 0 Å². The molecule has 6 heteroatoms. The molecule has 0 aliphatic carbocycles. The van der Waals surface area contributed by atoms with Gasteiger partial charge in [0.1, 0.15) is 11.5 Å². The van der Waals surface area contributed by atoms with Gasteiger partial charge in [0.05, 0.1) is 11.8 Å². The van der Waals surface area contributed by atoms with Crippen LogP contribution in [0.2, 0.25) is 0 Å². The number of hydrogen-bond donors (Lipinski definition) is 0. The molecule has 0 aromatic carbocycles. The SMILES string of the molecule is CCc1ccc(C2CCCN2C(=O)CSc2nc(C)cc(C)n2)o1. The summed E-state index contributed by atoms with van der Waals surface area (Å²) in [6, 6.07) is 6.02. The van der Waals surface area contributed by atoms with Gasteiger partial charge in [0, 0.05) is 24.4 Å². The van der Waals surface area contributed by atoms with Gasteiger partial charge in [-0.25, -0.2) is 9.97 Å². The zero-order chi connectivity index (χ0) is 17.1. The maximum Gasteiger partial charge on any atom is 0.233 e. The first-order valence-electron chi connectivity index (χ1n) is 8.40. The standard InChI is InChI=1S/C18H23N3O2S/c1-4-14-7-8-16(23-14)15-6-5-9-21(15)17(22)11-24-18-19-12(2)10-13(3)20-18/h7-8,10,15H,4-6,9,11H2,1-3H3. The minimum absolute atomic E-state index is 0.0681. The summed E-state index contributed by atoms with van der Waals surface area (Å²) >= 11 is 1.41. The van der Waals surface area contributed by atoms with Crippen molar-refractivity contribution in [2.45, 2.75) is 51.2 Å². The van der Waals surface area contributed by atoms with Crippen molar-refractivity contribution >= 4 is 17.7 Å². The van der Waals surface area contributed by atoms with Gasteiger partial charge in [0.2, 0.25) is 5.91 Å². The molecule has 2 aromatic rings. The van der Waals surface area contributed by atoms with Gasteiger partial charge < -0.3 is 9.32 Å². The van der Waals surface area contributed by atoms with Gasteiger partial charge in [-0.15, -0.1) is 0 Å². The first-order chi connectivity index (χ1) is 11.6. The summed E-state index contributed by atoms with van der Waals surface area (Å²) < 4.78 is 5.87. The maximum atomic E-state index is 12.7. The molecule has 2 aromatic heterocycles. The van der Waals surface area contributed by atoms with Crippen molar-refractivity contribution in [1.82, 2.24) is 14.9 Å². The molecule has 0 saturated carbocycles. The van der Waals surface area contributed by atoms with Crippen molar-refractivity contribution in [3.05, 3.63) is 41.1 Å². The number of aryl methyl sites for hydroxylation is 3. The van der Waals surface area contributed by atoms with E-state index in [1.807, 2.05) is 36.9 Å². The quantitative estimate of drug-likeness (QED) is 0.611. The molecule has 5 nitrogen and oxygen atoms in total. The maximum absolute atomic E-state index is 12.7. The lowest BCUT2D eigenvalue weighted by molar-refractivity contribution is -0.129. The number of likely N-dealkylation sites (tertiary alicyclic amines) is 1. The molecule has 24 heavy (non-hydrogen) atoms. The topological polar surface area (TPSA) is 59.2 Å². The number of thioether (sulfide) groups is 1. The third-order valence-electron chi connectivity index (χ3n) is 4.22. The molecule has 1 saturated heterocycles. The Balaban J connectivity index is 1.65. The fourth-order valence-electron chi connectivity index (χ4n) is 3.09. The zero-order valence-electron chi connectivity index (χ0n) is 14.4. The van der Waals surface area contributed by atoms with Crippen LogP contribution >= 0.6 is 11.8 Å². The number of furan rings is 1. The molecule has 0 N–H and O–H groups in total. The number of rotatable bonds is 5. The van der Waals surface area contributed by atoms with Crippen LogP contribution in [0.4, 0.5) is 0 Å². The van der Waals surface area contributed by atoms with E-state index in [1.165, 1.54) is 11.8 Å². The van der Waals surface area contributed by atoms with E-state index in [0.29, 0.717) is 10.9 Å². The highest BCUT2D eigenvalue weighted by Crippen LogP contribution is 2.33. The molecule has 1 atom stereocenters. The minimum Gasteiger partial charge on any atom is -0.464 e. The molecule has 1 unspecified atom stereocenters. The van der Waals surface area contributed by atoms with Crippen LogP contribution in [0.25, 0.3) is 0 Å². The van der Waals surface area contributed by atoms with Crippen molar-refractivity contribution < 1.29 is 9.21 Å². The van der Waals surface area contributed by atoms with Crippen molar-refractivity contribution in [2.24, 2.45) is 0 Å². The van der Waals surface area contributed by atoms with Gasteiger partial charge in [-0.2, -0.15) is 0 Å². The first kappa shape index (κ1) is 17.0. The lowest BCUT2D eigenvalue weighted by Gasteiger charge is -2.23. The highest BCUT2D eigenvalue weighted by atomic mass is 32.2. The van der Waals surface area contributed by atoms with Crippen LogP contribution in [0.3, 0.4) is 0 Å². The fourth-order valence-corrected chi connectivity index (χ4v) is 3.93. The summed E-state index contributed by atoms with van der Waals surface area (Å²) in [5.74, 6) is 2.37. The van der Waals surface area contributed by atoms with Crippen LogP contribution in [0.5, 0.6) is 0 Å². The second-order valence-electron chi connectivity index (χ2n) is 6.12. The lowest BCUT2D eigenvalue weighted by Crippen LogP contribution is -2.31. The summed E-state index contributed by atoms with van der Waals surface area (Å²) in [7, 11) is 0. The molecule has 0 radical (unpaired) electrons. The Kier molecular flexibility index (Phi) is 5.23. The van der Waals surface area contributed by atoms with Crippen LogP contribution < -0.4 is 0 Å². The largest absolute Gasteiger partial charge is 0.464 e. The average Bonchev–Trinajstić information content (AvgIpc) is 3.20. The molecule has 0 spiro atoms. The third-order valence-corrected chi connectivity index (χ3v) is 5.05. The highest BCUT2D eigenvalue weighted by molar-refractivity contribution is 7.99. The number of nitrogens with zero attached hydrogens (tertiary/aromatic N) is 3. The Hall–Kier alpha value is -1.82. The molecular weight excluding hydrogens is 322 g/mol. The Bertz CT molecular complexity index is 709. The fraction of sp³-hybridized carbons (Fsp3) is 0.500. The van der Waals surface area contributed by atoms with Crippen LogP contribution in [0.1, 0.15) is 48.7 Å². The normalized spacial score (nSPS) is 17.5. The number of amides is 1. The Morgan fingerprint density at radius 2 is 2.08 bits per heavy atom. The van der Waals surface area contributed by atoms with E-state index in [-0.39, 0.29) is 11.9 Å². The van der Waals surface area contributed by atoms with E-state index >= 15 is 0 Å². The molecule has 1 fully saturated rings. The molecule has 3 heterocycles. The summed E-state index contributed by atoms with van der Waals surface area (Å²) in [4.78, 5) is 23.4. The summed E-state index contributed by atoms with van der Waals surface area (Å²) in [6.07, 6.45) is 2.86. The molecule has 1 aliphatic heterocycles. The van der Waals surface area contributed by atoms with Crippen molar-refractivity contribution in [3.63, 3.8) is 0 Å². The molecular formula is C18H23N3O2S. The first-order valence-corrected chi connectivity index (χ1v) is 9.38. The van der Waals surface area contributed by atoms with E-state index in [9.17, 15) is 4.79 Å². The third kappa shape index (κ3) is 3.80. The Morgan fingerprint density at radius 1 is 1.33 bits per heavy atom. The second kappa shape index (κ2) is 7.38. The number of carbonyl (C=O) groups is 1. The molecule has 0 bridgehead atoms. The molecule has 1 aliphatic rings. The summed E-state index contributed by atoms with van der Waals surface area (Å²) in [5, 5.41) is 0.669. The summed E-state index contributed by atoms with van der Waals surface area (Å²) in [6.45, 7) is 6.75. The van der Waals surface area contributed by atoms with Crippen molar-refractivity contribution in [2.75, 3.05) is 12.3 Å². The van der Waals surface area contributed by atoms with E-state index in [4.69, 9.17) is 4.42 Å². The average molecular weight is 345 g/mol. The lowest BCUT2D eigenvalue weighted by atomic mass is 10.1. The van der Waals surface area contributed by atoms with E-state index in [2.05, 4.69) is 16.9 Å². The Morgan fingerprint density at radius 3 is 2.75 bits per heavy atom. The predicted molar refractivity (Wildman–Crippen MR) is 94.0 cm³/mol. The highest BCUT2D eigenvalue weighted by Gasteiger charge is 2.32. The number of hydrogen-bond acceptors (Lipinski definition) is 5. The van der Waals surface area contributed by atoms with E-state index in [0.717, 1.165) is 48.7 Å². The van der Waals surface area contributed by atoms with Crippen LogP contribution in [-0.2, 0) is 11.2 Å². The number of carbonyl (C=O) groups excluding carboxylic acids is 1. The molecule has 3 rings (SSSR count). The van der Waals surface area contributed by atoms with Gasteiger partial charge in [0.25, 0.3) is 0 Å². The van der Waals surface area contributed by atoms with Crippen molar-refractivity contribution in [3.8, 4) is 0 Å². The van der Waals surface area contributed by atoms with E-state index in [1.54, 1.807) is 0 Å². The molecule has 128 valence electrons. The monoisotopic (exact) mass is 345 g/mol. The van der Waals surface area contributed by atoms with Crippen molar-refractivity contribution in [1.29, 1.82) is 0 Å². The smallest absolute Gasteiger partial charge is 0.233 e. The van der Waals surface area contributed by atoms with Crippen LogP contribution in [0.15, 0.2) is 27.8 Å². The predicted octanol–water partition coefficient (Wildman–Crippen LogP) is 3.70. The van der Waals surface area contributed by atoms with Crippen LogP contribution in [0, 0.1) is 13.8 Å². The second-order valence-corrected chi connectivity index (χ2v) is 7.07. The van der Waals surface area contributed by atoms with Gasteiger partial charge >= 0.3 is 0 Å². The zero-order valence-corrected chi connectivity index (χ0v) is 15.2. The summed E-state index contributed by atoms with van der Waals surface area (Å²) in [5.41, 5.74) is 1.86. The van der Waals surface area contributed by atoms with Gasteiger partial charge in [-0.3, -0.25) is 4.79 Å². The minimum atomic E-state index is 0.0681. The van der Waals surface area contributed by atoms with Gasteiger partial charge in [-0.05, 0) is 44.9 Å². The van der Waals surface area contributed by atoms with Crippen LogP contribution in [-0.4, -0.2) is 33.1 Å². The number of aromatic nitrogens is 2. The van der Waals surface area contributed by atoms with Gasteiger partial charge in [-0.1, -0.05) is 18.7 Å². The van der Waals surface area contributed by atoms with Gasteiger partial charge in [0.15, 0.2) is 5.16 Å². The Labute approximate surface area is 146 Å².